The van der Waals surface area contributed by atoms with E-state index in [4.69, 9.17) is 9.72 Å². The molecule has 0 saturated carbocycles. The van der Waals surface area contributed by atoms with Gasteiger partial charge in [0.2, 0.25) is 0 Å². The number of halogens is 1. The Balaban J connectivity index is 1.35. The Morgan fingerprint density at radius 2 is 2.06 bits per heavy atom. The molecule has 0 bridgehead atoms. The second-order valence-electron chi connectivity index (χ2n) is 7.99. The molecule has 1 amide bonds. The van der Waals surface area contributed by atoms with Gasteiger partial charge in [-0.3, -0.25) is 4.98 Å². The standard InChI is InChI=1S/C24H23BrN6O2/c25-20-14-27-31-22(28-19-9-4-10-26-13-19)12-21(29-23(20)31)18-8-5-11-30(15-18)24(32)33-16-17-6-2-1-3-7-17/h1-4,6-7,9-10,12-14,18,28H,5,8,11,15-16H2. The Bertz CT molecular complexity index is 1250. The van der Waals surface area contributed by atoms with Crippen molar-refractivity contribution in [3.8, 4) is 0 Å². The summed E-state index contributed by atoms with van der Waals surface area (Å²) in [5.41, 5.74) is 3.47. The van der Waals surface area contributed by atoms with Crippen molar-refractivity contribution in [1.82, 2.24) is 24.5 Å². The fourth-order valence-electron chi connectivity index (χ4n) is 4.03. The van der Waals surface area contributed by atoms with Crippen LogP contribution in [-0.4, -0.2) is 43.7 Å². The molecule has 0 radical (unpaired) electrons. The van der Waals surface area contributed by atoms with Gasteiger partial charge in [0.1, 0.15) is 12.4 Å². The Morgan fingerprint density at radius 1 is 1.18 bits per heavy atom. The van der Waals surface area contributed by atoms with E-state index in [1.165, 1.54) is 0 Å². The first-order valence-corrected chi connectivity index (χ1v) is 11.6. The van der Waals surface area contributed by atoms with Crippen LogP contribution in [-0.2, 0) is 11.3 Å². The number of nitrogens with one attached hydrogen (secondary N) is 1. The van der Waals surface area contributed by atoms with Gasteiger partial charge in [0.05, 0.1) is 28.2 Å². The number of likely N-dealkylation sites (tertiary alicyclic amines) is 1. The molecule has 4 aromatic rings. The molecule has 4 heterocycles. The smallest absolute Gasteiger partial charge is 0.410 e. The third kappa shape index (κ3) is 4.83. The largest absolute Gasteiger partial charge is 0.445 e. The second kappa shape index (κ2) is 9.58. The molecule has 3 aromatic heterocycles. The number of pyridine rings is 1. The number of hydrogen-bond acceptors (Lipinski definition) is 6. The van der Waals surface area contributed by atoms with E-state index in [0.717, 1.165) is 45.7 Å². The molecular formula is C24H23BrN6O2. The van der Waals surface area contributed by atoms with Crippen molar-refractivity contribution in [2.45, 2.75) is 25.4 Å². The molecule has 1 atom stereocenters. The lowest BCUT2D eigenvalue weighted by Crippen LogP contribution is -2.39. The van der Waals surface area contributed by atoms with Crippen molar-refractivity contribution in [3.63, 3.8) is 0 Å². The van der Waals surface area contributed by atoms with Gasteiger partial charge >= 0.3 is 6.09 Å². The number of carbonyl (C=O) groups excluding carboxylic acids is 1. The van der Waals surface area contributed by atoms with Gasteiger partial charge in [-0.25, -0.2) is 9.78 Å². The van der Waals surface area contributed by atoms with E-state index in [-0.39, 0.29) is 18.6 Å². The molecular weight excluding hydrogens is 484 g/mol. The van der Waals surface area contributed by atoms with E-state index in [1.807, 2.05) is 48.5 Å². The van der Waals surface area contributed by atoms with Crippen LogP contribution in [0.1, 0.15) is 30.0 Å². The number of amides is 1. The highest BCUT2D eigenvalue weighted by Crippen LogP contribution is 2.31. The van der Waals surface area contributed by atoms with Crippen LogP contribution in [0.3, 0.4) is 0 Å². The van der Waals surface area contributed by atoms with Crippen molar-refractivity contribution >= 4 is 39.2 Å². The summed E-state index contributed by atoms with van der Waals surface area (Å²) >= 11 is 3.55. The molecule has 168 valence electrons. The lowest BCUT2D eigenvalue weighted by atomic mass is 9.94. The molecule has 0 spiro atoms. The highest BCUT2D eigenvalue weighted by atomic mass is 79.9. The SMILES string of the molecule is O=C(OCc1ccccc1)N1CCCC(c2cc(Nc3cccnc3)n3ncc(Br)c3n2)C1. The van der Waals surface area contributed by atoms with Gasteiger partial charge in [-0.05, 0) is 46.5 Å². The maximum Gasteiger partial charge on any atom is 0.410 e. The van der Waals surface area contributed by atoms with Crippen molar-refractivity contribution in [1.29, 1.82) is 0 Å². The van der Waals surface area contributed by atoms with Gasteiger partial charge in [0.15, 0.2) is 5.65 Å². The van der Waals surface area contributed by atoms with Crippen LogP contribution in [0.5, 0.6) is 0 Å². The third-order valence-corrected chi connectivity index (χ3v) is 6.24. The molecule has 5 rings (SSSR count). The van der Waals surface area contributed by atoms with Gasteiger partial charge < -0.3 is 15.0 Å². The molecule has 8 nitrogen and oxygen atoms in total. The van der Waals surface area contributed by atoms with Gasteiger partial charge in [0.25, 0.3) is 0 Å². The van der Waals surface area contributed by atoms with Crippen LogP contribution >= 0.6 is 15.9 Å². The minimum Gasteiger partial charge on any atom is -0.445 e. The average Bonchev–Trinajstić information content (AvgIpc) is 3.25. The minimum atomic E-state index is -0.288. The van der Waals surface area contributed by atoms with Crippen molar-refractivity contribution < 1.29 is 9.53 Å². The van der Waals surface area contributed by atoms with Gasteiger partial charge in [-0.1, -0.05) is 30.3 Å². The van der Waals surface area contributed by atoms with Gasteiger partial charge in [-0.2, -0.15) is 9.61 Å². The van der Waals surface area contributed by atoms with E-state index < -0.39 is 0 Å². The van der Waals surface area contributed by atoms with E-state index in [9.17, 15) is 4.79 Å². The second-order valence-corrected chi connectivity index (χ2v) is 8.84. The lowest BCUT2D eigenvalue weighted by molar-refractivity contribution is 0.0856. The predicted molar refractivity (Wildman–Crippen MR) is 128 cm³/mol. The molecule has 1 aliphatic heterocycles. The lowest BCUT2D eigenvalue weighted by Gasteiger charge is -2.32. The van der Waals surface area contributed by atoms with Crippen LogP contribution in [0.15, 0.2) is 71.6 Å². The number of hydrogen-bond donors (Lipinski definition) is 1. The quantitative estimate of drug-likeness (QED) is 0.403. The van der Waals surface area contributed by atoms with Gasteiger partial charge in [-0.15, -0.1) is 0 Å². The summed E-state index contributed by atoms with van der Waals surface area (Å²) in [6.07, 6.45) is 6.78. The normalized spacial score (nSPS) is 16.0. The maximum absolute atomic E-state index is 12.7. The molecule has 33 heavy (non-hydrogen) atoms. The maximum atomic E-state index is 12.7. The number of ether oxygens (including phenoxy) is 1. The summed E-state index contributed by atoms with van der Waals surface area (Å²) in [4.78, 5) is 23.5. The molecule has 1 fully saturated rings. The highest BCUT2D eigenvalue weighted by molar-refractivity contribution is 9.10. The first-order chi connectivity index (χ1) is 16.2. The van der Waals surface area contributed by atoms with Gasteiger partial charge in [0, 0.05) is 31.3 Å². The van der Waals surface area contributed by atoms with E-state index in [0.29, 0.717) is 13.1 Å². The summed E-state index contributed by atoms with van der Waals surface area (Å²) in [6.45, 7) is 1.52. The predicted octanol–water partition coefficient (Wildman–Crippen LogP) is 5.15. The molecule has 9 heteroatoms. The topological polar surface area (TPSA) is 84.7 Å². The number of carbonyl (C=O) groups is 1. The fraction of sp³-hybridized carbons (Fsp3) is 0.250. The van der Waals surface area contributed by atoms with E-state index in [1.54, 1.807) is 28.0 Å². The van der Waals surface area contributed by atoms with E-state index in [2.05, 4.69) is 31.3 Å². The molecule has 1 aromatic carbocycles. The Labute approximate surface area is 199 Å². The van der Waals surface area contributed by atoms with Crippen molar-refractivity contribution in [2.24, 2.45) is 0 Å². The van der Waals surface area contributed by atoms with Crippen LogP contribution in [0.4, 0.5) is 16.3 Å². The number of anilines is 2. The minimum absolute atomic E-state index is 0.101. The summed E-state index contributed by atoms with van der Waals surface area (Å²) in [7, 11) is 0. The molecule has 1 saturated heterocycles. The number of rotatable bonds is 5. The summed E-state index contributed by atoms with van der Waals surface area (Å²) in [5, 5.41) is 7.82. The molecule has 1 aliphatic rings. The van der Waals surface area contributed by atoms with Crippen LogP contribution in [0, 0.1) is 0 Å². The van der Waals surface area contributed by atoms with Crippen LogP contribution in [0.25, 0.3) is 5.65 Å². The summed E-state index contributed by atoms with van der Waals surface area (Å²) < 4.78 is 8.13. The Morgan fingerprint density at radius 3 is 2.88 bits per heavy atom. The molecule has 0 aliphatic carbocycles. The van der Waals surface area contributed by atoms with Crippen molar-refractivity contribution in [2.75, 3.05) is 18.4 Å². The Hall–Kier alpha value is -3.46. The number of aromatic nitrogens is 4. The monoisotopic (exact) mass is 506 g/mol. The number of benzene rings is 1. The highest BCUT2D eigenvalue weighted by Gasteiger charge is 2.28. The summed E-state index contributed by atoms with van der Waals surface area (Å²) in [5.74, 6) is 0.891. The Kier molecular flexibility index (Phi) is 6.21. The first kappa shape index (κ1) is 21.4. The van der Waals surface area contributed by atoms with Crippen LogP contribution < -0.4 is 5.32 Å². The fourth-order valence-corrected chi connectivity index (χ4v) is 4.38. The number of piperidine rings is 1. The van der Waals surface area contributed by atoms with E-state index >= 15 is 0 Å². The first-order valence-electron chi connectivity index (χ1n) is 10.8. The third-order valence-electron chi connectivity index (χ3n) is 5.69. The average molecular weight is 507 g/mol. The van der Waals surface area contributed by atoms with Crippen LogP contribution in [0.2, 0.25) is 0 Å². The molecule has 1 N–H and O–H groups in total. The zero-order chi connectivity index (χ0) is 22.6. The molecule has 1 unspecified atom stereocenters. The van der Waals surface area contributed by atoms with Crippen molar-refractivity contribution in [3.05, 3.63) is 82.9 Å². The number of fused-ring (bicyclic) bond motifs is 1. The zero-order valence-electron chi connectivity index (χ0n) is 17.9. The number of nitrogens with zero attached hydrogens (tertiary/aromatic N) is 5. The zero-order valence-corrected chi connectivity index (χ0v) is 19.5. The summed E-state index contributed by atoms with van der Waals surface area (Å²) in [6, 6.07) is 15.5.